The van der Waals surface area contributed by atoms with Crippen LogP contribution in [-0.4, -0.2) is 29.3 Å². The number of rotatable bonds is 5. The largest absolute Gasteiger partial charge is 0.480 e. The Morgan fingerprint density at radius 3 is 2.35 bits per heavy atom. The van der Waals surface area contributed by atoms with Crippen molar-refractivity contribution in [2.75, 3.05) is 12.3 Å². The van der Waals surface area contributed by atoms with Crippen LogP contribution in [0.4, 0.5) is 0 Å². The Labute approximate surface area is 112 Å². The van der Waals surface area contributed by atoms with Crippen molar-refractivity contribution in [1.29, 1.82) is 0 Å². The van der Waals surface area contributed by atoms with Gasteiger partial charge < -0.3 is 10.4 Å². The molecule has 0 atom stereocenters. The average molecular weight is 294 g/mol. The van der Waals surface area contributed by atoms with Crippen LogP contribution in [0.5, 0.6) is 0 Å². The maximum absolute atomic E-state index is 11.2. The highest BCUT2D eigenvalue weighted by Gasteiger charge is 2.05. The van der Waals surface area contributed by atoms with Crippen LogP contribution >= 0.6 is 35.0 Å². The molecule has 0 unspecified atom stereocenters. The third-order valence-electron chi connectivity index (χ3n) is 1.64. The zero-order valence-corrected chi connectivity index (χ0v) is 10.9. The molecule has 92 valence electrons. The summed E-state index contributed by atoms with van der Waals surface area (Å²) in [5.74, 6) is -1.31. The third kappa shape index (κ3) is 5.81. The van der Waals surface area contributed by atoms with Crippen LogP contribution < -0.4 is 5.32 Å². The van der Waals surface area contributed by atoms with Gasteiger partial charge in [0.15, 0.2) is 0 Å². The summed E-state index contributed by atoms with van der Waals surface area (Å²) in [5, 5.41) is 11.6. The summed E-state index contributed by atoms with van der Waals surface area (Å²) < 4.78 is 0. The number of nitrogens with one attached hydrogen (secondary N) is 1. The molecule has 0 saturated carbocycles. The first-order chi connectivity index (χ1) is 7.97. The van der Waals surface area contributed by atoms with Crippen LogP contribution in [0.15, 0.2) is 23.1 Å². The predicted molar refractivity (Wildman–Crippen MR) is 67.8 cm³/mol. The number of halogens is 2. The Bertz CT molecular complexity index is 419. The number of thioether (sulfide) groups is 1. The van der Waals surface area contributed by atoms with Gasteiger partial charge in [-0.3, -0.25) is 9.59 Å². The summed E-state index contributed by atoms with van der Waals surface area (Å²) in [6, 6.07) is 4.96. The lowest BCUT2D eigenvalue weighted by atomic mass is 10.4. The van der Waals surface area contributed by atoms with Gasteiger partial charge >= 0.3 is 5.97 Å². The van der Waals surface area contributed by atoms with E-state index in [1.165, 1.54) is 11.8 Å². The van der Waals surface area contributed by atoms with Gasteiger partial charge in [-0.05, 0) is 18.2 Å². The summed E-state index contributed by atoms with van der Waals surface area (Å²) in [6.07, 6.45) is 0. The van der Waals surface area contributed by atoms with Gasteiger partial charge in [0, 0.05) is 14.9 Å². The van der Waals surface area contributed by atoms with E-state index in [1.807, 2.05) is 0 Å². The van der Waals surface area contributed by atoms with E-state index in [4.69, 9.17) is 28.3 Å². The Morgan fingerprint density at radius 1 is 1.24 bits per heavy atom. The number of amides is 1. The number of benzene rings is 1. The van der Waals surface area contributed by atoms with Gasteiger partial charge in [0.05, 0.1) is 5.75 Å². The quantitative estimate of drug-likeness (QED) is 0.818. The molecule has 0 radical (unpaired) electrons. The standard InChI is InChI=1S/C10H9Cl2NO3S/c11-6-1-7(12)3-8(2-6)17-5-9(14)13-4-10(15)16/h1-3H,4-5H2,(H,13,14)(H,15,16). The average Bonchev–Trinajstić information content (AvgIpc) is 2.22. The van der Waals surface area contributed by atoms with Crippen LogP contribution in [0, 0.1) is 0 Å². The lowest BCUT2D eigenvalue weighted by molar-refractivity contribution is -0.137. The second-order valence-corrected chi connectivity index (χ2v) is 4.99. The summed E-state index contributed by atoms with van der Waals surface area (Å²) in [5.41, 5.74) is 0. The normalized spacial score (nSPS) is 10.0. The molecule has 0 aromatic heterocycles. The van der Waals surface area contributed by atoms with E-state index in [9.17, 15) is 9.59 Å². The maximum Gasteiger partial charge on any atom is 0.322 e. The first-order valence-electron chi connectivity index (χ1n) is 4.55. The van der Waals surface area contributed by atoms with E-state index in [0.717, 1.165) is 4.90 Å². The molecular weight excluding hydrogens is 285 g/mol. The van der Waals surface area contributed by atoms with Crippen LogP contribution in [0.1, 0.15) is 0 Å². The van der Waals surface area contributed by atoms with E-state index in [2.05, 4.69) is 5.32 Å². The zero-order valence-electron chi connectivity index (χ0n) is 8.57. The van der Waals surface area contributed by atoms with Gasteiger partial charge in [0.1, 0.15) is 6.54 Å². The topological polar surface area (TPSA) is 66.4 Å². The van der Waals surface area contributed by atoms with E-state index < -0.39 is 5.97 Å². The fourth-order valence-electron chi connectivity index (χ4n) is 0.986. The molecule has 1 aromatic carbocycles. The van der Waals surface area contributed by atoms with E-state index in [1.54, 1.807) is 18.2 Å². The molecule has 1 aromatic rings. The maximum atomic E-state index is 11.2. The van der Waals surface area contributed by atoms with Crippen molar-refractivity contribution < 1.29 is 14.7 Å². The Hall–Kier alpha value is -0.910. The molecule has 0 aliphatic rings. The predicted octanol–water partition coefficient (Wildman–Crippen LogP) is 2.29. The van der Waals surface area contributed by atoms with E-state index in [0.29, 0.717) is 10.0 Å². The molecule has 0 spiro atoms. The van der Waals surface area contributed by atoms with Crippen molar-refractivity contribution in [2.45, 2.75) is 4.90 Å². The highest BCUT2D eigenvalue weighted by molar-refractivity contribution is 8.00. The molecule has 0 bridgehead atoms. The molecule has 0 saturated heterocycles. The monoisotopic (exact) mass is 293 g/mol. The fraction of sp³-hybridized carbons (Fsp3) is 0.200. The van der Waals surface area contributed by atoms with Crippen molar-refractivity contribution in [3.05, 3.63) is 28.2 Å². The zero-order chi connectivity index (χ0) is 12.8. The highest BCUT2D eigenvalue weighted by Crippen LogP contribution is 2.26. The van der Waals surface area contributed by atoms with Crippen molar-refractivity contribution in [3.8, 4) is 0 Å². The molecule has 17 heavy (non-hydrogen) atoms. The third-order valence-corrected chi connectivity index (χ3v) is 3.05. The summed E-state index contributed by atoms with van der Waals surface area (Å²) in [6.45, 7) is -0.379. The first kappa shape index (κ1) is 14.2. The first-order valence-corrected chi connectivity index (χ1v) is 6.29. The second kappa shape index (κ2) is 6.74. The second-order valence-electron chi connectivity index (χ2n) is 3.06. The van der Waals surface area contributed by atoms with Crippen molar-refractivity contribution in [2.24, 2.45) is 0 Å². The van der Waals surface area contributed by atoms with Gasteiger partial charge in [-0.2, -0.15) is 0 Å². The molecule has 1 rings (SSSR count). The molecule has 7 heteroatoms. The van der Waals surface area contributed by atoms with Crippen LogP contribution in [0.2, 0.25) is 10.0 Å². The molecule has 0 heterocycles. The number of aliphatic carboxylic acids is 1. The van der Waals surface area contributed by atoms with Crippen LogP contribution in [0.25, 0.3) is 0 Å². The van der Waals surface area contributed by atoms with Crippen LogP contribution in [-0.2, 0) is 9.59 Å². The number of carboxylic acid groups (broad SMARTS) is 1. The number of carbonyl (C=O) groups is 2. The Balaban J connectivity index is 2.44. The SMILES string of the molecule is O=C(O)CNC(=O)CSc1cc(Cl)cc(Cl)c1. The number of carboxylic acids is 1. The Kier molecular flexibility index (Phi) is 5.61. The molecule has 0 aliphatic heterocycles. The van der Waals surface area contributed by atoms with Crippen molar-refractivity contribution in [3.63, 3.8) is 0 Å². The Morgan fingerprint density at radius 2 is 1.82 bits per heavy atom. The van der Waals surface area contributed by atoms with Gasteiger partial charge in [0.2, 0.25) is 5.91 Å². The van der Waals surface area contributed by atoms with Gasteiger partial charge in [-0.15, -0.1) is 11.8 Å². The van der Waals surface area contributed by atoms with Gasteiger partial charge in [0.25, 0.3) is 0 Å². The summed E-state index contributed by atoms with van der Waals surface area (Å²) in [7, 11) is 0. The lowest BCUT2D eigenvalue weighted by Gasteiger charge is -2.03. The molecule has 0 fully saturated rings. The minimum atomic E-state index is -1.07. The van der Waals surface area contributed by atoms with Crippen molar-refractivity contribution in [1.82, 2.24) is 5.32 Å². The number of carbonyl (C=O) groups excluding carboxylic acids is 1. The van der Waals surface area contributed by atoms with Crippen LogP contribution in [0.3, 0.4) is 0 Å². The van der Waals surface area contributed by atoms with Gasteiger partial charge in [-0.1, -0.05) is 23.2 Å². The molecule has 0 aliphatic carbocycles. The minimum Gasteiger partial charge on any atom is -0.480 e. The molecule has 1 amide bonds. The van der Waals surface area contributed by atoms with Gasteiger partial charge in [-0.25, -0.2) is 0 Å². The number of hydrogen-bond donors (Lipinski definition) is 2. The van der Waals surface area contributed by atoms with E-state index in [-0.39, 0.29) is 18.2 Å². The summed E-state index contributed by atoms with van der Waals surface area (Å²) >= 11 is 12.8. The fourth-order valence-corrected chi connectivity index (χ4v) is 2.46. The smallest absolute Gasteiger partial charge is 0.322 e. The number of hydrogen-bond acceptors (Lipinski definition) is 3. The summed E-state index contributed by atoms with van der Waals surface area (Å²) in [4.78, 5) is 22.2. The molecular formula is C10H9Cl2NO3S. The lowest BCUT2D eigenvalue weighted by Crippen LogP contribution is -2.30. The van der Waals surface area contributed by atoms with Crippen molar-refractivity contribution >= 4 is 46.8 Å². The highest BCUT2D eigenvalue weighted by atomic mass is 35.5. The van der Waals surface area contributed by atoms with E-state index >= 15 is 0 Å². The molecule has 2 N–H and O–H groups in total. The molecule has 4 nitrogen and oxygen atoms in total. The minimum absolute atomic E-state index is 0.115.